The number of nitrogens with zero attached hydrogens (tertiary/aromatic N) is 1. The van der Waals surface area contributed by atoms with Crippen molar-refractivity contribution in [3.63, 3.8) is 0 Å². The lowest BCUT2D eigenvalue weighted by atomic mass is 10.1. The second kappa shape index (κ2) is 4.14. The van der Waals surface area contributed by atoms with Gasteiger partial charge >= 0.3 is 0 Å². The summed E-state index contributed by atoms with van der Waals surface area (Å²) in [7, 11) is -3.34. The van der Waals surface area contributed by atoms with Crippen molar-refractivity contribution in [3.8, 4) is 0 Å². The van der Waals surface area contributed by atoms with Crippen LogP contribution in [0.2, 0.25) is 0 Å². The largest absolute Gasteiger partial charge is 0.253 e. The molecule has 0 bridgehead atoms. The number of sulfonamides is 1. The normalized spacial score (nSPS) is 11.6. The van der Waals surface area contributed by atoms with Crippen LogP contribution in [-0.4, -0.2) is 14.2 Å². The summed E-state index contributed by atoms with van der Waals surface area (Å²) in [5.74, 6) is 0.0240. The van der Waals surface area contributed by atoms with Gasteiger partial charge in [0, 0.05) is 5.39 Å². The van der Waals surface area contributed by atoms with Crippen molar-refractivity contribution in [1.29, 1.82) is 0 Å². The first kappa shape index (κ1) is 11.0. The summed E-state index contributed by atoms with van der Waals surface area (Å²) in [6.45, 7) is 1.59. The molecule has 83 valence electrons. The van der Waals surface area contributed by atoms with E-state index in [4.69, 9.17) is 0 Å². The van der Waals surface area contributed by atoms with Crippen molar-refractivity contribution in [3.05, 3.63) is 42.5 Å². The van der Waals surface area contributed by atoms with Crippen LogP contribution in [0, 0.1) is 0 Å². The van der Waals surface area contributed by atoms with Gasteiger partial charge in [-0.1, -0.05) is 36.4 Å². The van der Waals surface area contributed by atoms with Crippen LogP contribution in [0.15, 0.2) is 42.5 Å². The first-order chi connectivity index (χ1) is 7.62. The molecule has 0 aliphatic rings. The van der Waals surface area contributed by atoms with E-state index in [0.29, 0.717) is 5.69 Å². The molecule has 4 heteroatoms. The molecular weight excluding hydrogens is 222 g/mol. The van der Waals surface area contributed by atoms with Crippen LogP contribution in [-0.2, 0) is 10.0 Å². The maximum absolute atomic E-state index is 11.4. The van der Waals surface area contributed by atoms with Crippen LogP contribution in [0.25, 0.3) is 10.8 Å². The monoisotopic (exact) mass is 234 g/mol. The lowest BCUT2D eigenvalue weighted by molar-refractivity contribution is 0.592. The minimum atomic E-state index is -3.34. The topological polar surface area (TPSA) is 48.2 Å². The molecule has 0 fully saturated rings. The summed E-state index contributed by atoms with van der Waals surface area (Å²) in [5.41, 5.74) is 0.514. The van der Waals surface area contributed by atoms with Gasteiger partial charge in [0.1, 0.15) is 0 Å². The van der Waals surface area contributed by atoms with Gasteiger partial charge in [-0.3, -0.25) is 0 Å². The standard InChI is InChI=1S/C12H12NO2S/c1-2-16(14,15)13-12-9-5-7-10-6-3-4-8-11(10)12/h3-9H,2H2,1H3. The molecule has 0 unspecified atom stereocenters. The molecule has 2 rings (SSSR count). The maximum atomic E-state index is 11.4. The van der Waals surface area contributed by atoms with E-state index in [9.17, 15) is 8.42 Å². The Hall–Kier alpha value is -1.55. The van der Waals surface area contributed by atoms with E-state index in [2.05, 4.69) is 4.72 Å². The van der Waals surface area contributed by atoms with E-state index in [1.807, 2.05) is 36.4 Å². The Labute approximate surface area is 95.2 Å². The zero-order valence-electron chi connectivity index (χ0n) is 8.92. The van der Waals surface area contributed by atoms with E-state index in [1.54, 1.807) is 13.0 Å². The van der Waals surface area contributed by atoms with Gasteiger partial charge in [-0.25, -0.2) is 8.42 Å². The molecule has 0 aliphatic heterocycles. The Morgan fingerprint density at radius 3 is 2.50 bits per heavy atom. The molecular formula is C12H12NO2S. The molecule has 3 nitrogen and oxygen atoms in total. The summed E-state index contributed by atoms with van der Waals surface area (Å²) < 4.78 is 26.7. The van der Waals surface area contributed by atoms with Gasteiger partial charge in [0.25, 0.3) is 10.0 Å². The molecule has 0 saturated carbocycles. The fourth-order valence-electron chi connectivity index (χ4n) is 1.50. The third kappa shape index (κ3) is 2.17. The molecule has 16 heavy (non-hydrogen) atoms. The summed E-state index contributed by atoms with van der Waals surface area (Å²) in [6, 6.07) is 13.1. The van der Waals surface area contributed by atoms with Crippen LogP contribution >= 0.6 is 0 Å². The average Bonchev–Trinajstić information content (AvgIpc) is 2.29. The molecule has 0 heterocycles. The minimum absolute atomic E-state index is 0.0240. The highest BCUT2D eigenvalue weighted by atomic mass is 32.2. The number of benzene rings is 2. The molecule has 0 aromatic heterocycles. The van der Waals surface area contributed by atoms with E-state index in [-0.39, 0.29) is 5.75 Å². The number of hydrogen-bond donors (Lipinski definition) is 0. The molecule has 0 aliphatic carbocycles. The second-order valence-electron chi connectivity index (χ2n) is 3.46. The summed E-state index contributed by atoms with van der Waals surface area (Å²) >= 11 is 0. The Bertz CT molecular complexity index is 600. The summed E-state index contributed by atoms with van der Waals surface area (Å²) in [4.78, 5) is 0. The molecule has 0 atom stereocenters. The van der Waals surface area contributed by atoms with Crippen molar-refractivity contribution < 1.29 is 8.42 Å². The van der Waals surface area contributed by atoms with Crippen molar-refractivity contribution in [2.24, 2.45) is 0 Å². The number of rotatable bonds is 3. The highest BCUT2D eigenvalue weighted by molar-refractivity contribution is 7.89. The lowest BCUT2D eigenvalue weighted by Gasteiger charge is -2.05. The Morgan fingerprint density at radius 2 is 1.75 bits per heavy atom. The van der Waals surface area contributed by atoms with Crippen molar-refractivity contribution in [2.45, 2.75) is 6.92 Å². The summed E-state index contributed by atoms with van der Waals surface area (Å²) in [6.07, 6.45) is 0. The van der Waals surface area contributed by atoms with E-state index < -0.39 is 10.0 Å². The highest BCUT2D eigenvalue weighted by Crippen LogP contribution is 2.23. The van der Waals surface area contributed by atoms with Crippen LogP contribution < -0.4 is 4.72 Å². The Morgan fingerprint density at radius 1 is 1.06 bits per heavy atom. The second-order valence-corrected chi connectivity index (χ2v) is 5.38. The smallest absolute Gasteiger partial charge is 0.205 e. The van der Waals surface area contributed by atoms with Gasteiger partial charge in [0.05, 0.1) is 11.4 Å². The van der Waals surface area contributed by atoms with Gasteiger partial charge in [-0.2, -0.15) is 4.72 Å². The molecule has 2 aromatic carbocycles. The zero-order chi connectivity index (χ0) is 11.6. The molecule has 0 saturated heterocycles. The van der Waals surface area contributed by atoms with Gasteiger partial charge in [0.2, 0.25) is 0 Å². The van der Waals surface area contributed by atoms with Crippen molar-refractivity contribution in [2.75, 3.05) is 5.75 Å². The molecule has 0 amide bonds. The first-order valence-electron chi connectivity index (χ1n) is 5.06. The third-order valence-corrected chi connectivity index (χ3v) is 3.57. The third-order valence-electron chi connectivity index (χ3n) is 2.37. The molecule has 0 spiro atoms. The van der Waals surface area contributed by atoms with Gasteiger partial charge in [-0.05, 0) is 18.4 Å². The fourth-order valence-corrected chi connectivity index (χ4v) is 2.09. The van der Waals surface area contributed by atoms with E-state index in [1.165, 1.54) is 0 Å². The molecule has 0 N–H and O–H groups in total. The van der Waals surface area contributed by atoms with Crippen LogP contribution in [0.3, 0.4) is 0 Å². The van der Waals surface area contributed by atoms with Crippen molar-refractivity contribution >= 4 is 26.5 Å². The Kier molecular flexibility index (Phi) is 2.83. The quantitative estimate of drug-likeness (QED) is 0.818. The number of fused-ring (bicyclic) bond motifs is 1. The minimum Gasteiger partial charge on any atom is -0.205 e. The number of hydrogen-bond acceptors (Lipinski definition) is 2. The van der Waals surface area contributed by atoms with Crippen molar-refractivity contribution in [1.82, 2.24) is 4.72 Å². The van der Waals surface area contributed by atoms with E-state index >= 15 is 0 Å². The Balaban J connectivity index is 2.53. The van der Waals surface area contributed by atoms with Crippen LogP contribution in [0.1, 0.15) is 6.92 Å². The average molecular weight is 234 g/mol. The molecule has 2 aromatic rings. The van der Waals surface area contributed by atoms with Gasteiger partial charge in [0.15, 0.2) is 0 Å². The molecule has 1 radical (unpaired) electrons. The zero-order valence-corrected chi connectivity index (χ0v) is 9.74. The van der Waals surface area contributed by atoms with Gasteiger partial charge < -0.3 is 0 Å². The van der Waals surface area contributed by atoms with E-state index in [0.717, 1.165) is 10.8 Å². The summed E-state index contributed by atoms with van der Waals surface area (Å²) in [5, 5.41) is 1.86. The van der Waals surface area contributed by atoms with Gasteiger partial charge in [-0.15, -0.1) is 0 Å². The first-order valence-corrected chi connectivity index (χ1v) is 6.67. The predicted octanol–water partition coefficient (Wildman–Crippen LogP) is 2.43. The SMILES string of the molecule is CCS(=O)(=O)[N]c1cccc2ccccc12. The predicted molar refractivity (Wildman–Crippen MR) is 65.2 cm³/mol. The maximum Gasteiger partial charge on any atom is 0.253 e. The van der Waals surface area contributed by atoms with Crippen LogP contribution in [0.5, 0.6) is 0 Å². The van der Waals surface area contributed by atoms with Crippen LogP contribution in [0.4, 0.5) is 5.69 Å². The highest BCUT2D eigenvalue weighted by Gasteiger charge is 2.11. The lowest BCUT2D eigenvalue weighted by Crippen LogP contribution is -2.13. The fraction of sp³-hybridized carbons (Fsp3) is 0.167.